The number of carboxylic acids is 1. The molecule has 1 fully saturated rings. The van der Waals surface area contributed by atoms with Crippen LogP contribution in [0.5, 0.6) is 0 Å². The minimum absolute atomic E-state index is 0.0313. The van der Waals surface area contributed by atoms with E-state index in [9.17, 15) is 14.4 Å². The molecule has 7 heteroatoms. The normalized spacial score (nSPS) is 18.3. The van der Waals surface area contributed by atoms with Gasteiger partial charge in [-0.1, -0.05) is 26.2 Å². The van der Waals surface area contributed by atoms with E-state index in [1.807, 2.05) is 6.92 Å². The average Bonchev–Trinajstić information content (AvgIpc) is 2.50. The maximum absolute atomic E-state index is 11.9. The molecule has 1 amide bonds. The molecule has 0 unspecified atom stereocenters. The van der Waals surface area contributed by atoms with Crippen LogP contribution >= 0.6 is 0 Å². The first kappa shape index (κ1) is 18.4. The highest BCUT2D eigenvalue weighted by Crippen LogP contribution is 2.24. The van der Waals surface area contributed by atoms with Crippen molar-refractivity contribution in [2.75, 3.05) is 6.61 Å². The van der Waals surface area contributed by atoms with Gasteiger partial charge in [-0.05, 0) is 19.3 Å². The molecule has 1 aliphatic carbocycles. The Hall–Kier alpha value is -1.63. The van der Waals surface area contributed by atoms with E-state index in [0.717, 1.165) is 25.7 Å². The van der Waals surface area contributed by atoms with Gasteiger partial charge in [0, 0.05) is 0 Å². The number of nitrogens with two attached hydrogens (primary N) is 1. The first-order valence-electron chi connectivity index (χ1n) is 7.88. The van der Waals surface area contributed by atoms with Gasteiger partial charge in [0.2, 0.25) is 5.91 Å². The van der Waals surface area contributed by atoms with Crippen molar-refractivity contribution in [1.29, 1.82) is 0 Å². The zero-order valence-electron chi connectivity index (χ0n) is 13.0. The zero-order chi connectivity index (χ0) is 16.5. The Morgan fingerprint density at radius 3 is 2.45 bits per heavy atom. The Morgan fingerprint density at radius 2 is 1.91 bits per heavy atom. The Balaban J connectivity index is 2.36. The van der Waals surface area contributed by atoms with Gasteiger partial charge in [-0.3, -0.25) is 14.4 Å². The first-order valence-corrected chi connectivity index (χ1v) is 7.88. The van der Waals surface area contributed by atoms with Gasteiger partial charge in [0.15, 0.2) is 0 Å². The van der Waals surface area contributed by atoms with Crippen molar-refractivity contribution in [1.82, 2.24) is 5.32 Å². The standard InChI is InChI=1S/C15H26N2O5/c1-2-11(17-14(20)12(16)8-13(18)19)9-22-15(21)10-6-4-3-5-7-10/h10-12H,2-9,16H2,1H3,(H,17,20)(H,18,19)/t11-,12+/m0/s1. The minimum Gasteiger partial charge on any atom is -0.481 e. The summed E-state index contributed by atoms with van der Waals surface area (Å²) >= 11 is 0. The van der Waals surface area contributed by atoms with Crippen molar-refractivity contribution in [3.63, 3.8) is 0 Å². The lowest BCUT2D eigenvalue weighted by Crippen LogP contribution is -2.47. The van der Waals surface area contributed by atoms with Gasteiger partial charge in [-0.25, -0.2) is 0 Å². The zero-order valence-corrected chi connectivity index (χ0v) is 13.0. The number of esters is 1. The molecule has 1 rings (SSSR count). The van der Waals surface area contributed by atoms with E-state index < -0.39 is 24.3 Å². The summed E-state index contributed by atoms with van der Waals surface area (Å²) in [6, 6.07) is -1.44. The molecule has 1 saturated carbocycles. The summed E-state index contributed by atoms with van der Waals surface area (Å²) in [4.78, 5) is 34.2. The van der Waals surface area contributed by atoms with Crippen molar-refractivity contribution in [3.05, 3.63) is 0 Å². The molecular weight excluding hydrogens is 288 g/mol. The quantitative estimate of drug-likeness (QED) is 0.570. The molecule has 0 aromatic heterocycles. The molecule has 0 radical (unpaired) electrons. The average molecular weight is 314 g/mol. The second-order valence-electron chi connectivity index (χ2n) is 5.78. The summed E-state index contributed by atoms with van der Waals surface area (Å²) in [6.07, 6.45) is 5.15. The number of nitrogens with one attached hydrogen (secondary N) is 1. The van der Waals surface area contributed by atoms with Crippen molar-refractivity contribution in [2.24, 2.45) is 11.7 Å². The lowest BCUT2D eigenvalue weighted by atomic mass is 9.89. The van der Waals surface area contributed by atoms with E-state index in [2.05, 4.69) is 5.32 Å². The molecule has 0 aromatic carbocycles. The first-order chi connectivity index (χ1) is 10.4. The topological polar surface area (TPSA) is 119 Å². The van der Waals surface area contributed by atoms with Crippen LogP contribution in [0.1, 0.15) is 51.9 Å². The number of carbonyl (C=O) groups is 3. The third kappa shape index (κ3) is 6.43. The monoisotopic (exact) mass is 314 g/mol. The van der Waals surface area contributed by atoms with Gasteiger partial charge >= 0.3 is 11.9 Å². The third-order valence-electron chi connectivity index (χ3n) is 3.94. The Kier molecular flexibility index (Phi) is 7.87. The highest BCUT2D eigenvalue weighted by atomic mass is 16.5. The highest BCUT2D eigenvalue weighted by molar-refractivity contribution is 5.86. The second-order valence-corrected chi connectivity index (χ2v) is 5.78. The number of hydrogen-bond donors (Lipinski definition) is 3. The number of hydrogen-bond acceptors (Lipinski definition) is 5. The van der Waals surface area contributed by atoms with Gasteiger partial charge in [0.1, 0.15) is 6.61 Å². The molecule has 22 heavy (non-hydrogen) atoms. The molecule has 7 nitrogen and oxygen atoms in total. The number of ether oxygens (including phenoxy) is 1. The fourth-order valence-corrected chi connectivity index (χ4v) is 2.49. The summed E-state index contributed by atoms with van der Waals surface area (Å²) < 4.78 is 5.29. The molecule has 0 spiro atoms. The molecule has 2 atom stereocenters. The highest BCUT2D eigenvalue weighted by Gasteiger charge is 2.24. The molecule has 1 aliphatic rings. The van der Waals surface area contributed by atoms with Crippen LogP contribution in [0.15, 0.2) is 0 Å². The fourth-order valence-electron chi connectivity index (χ4n) is 2.49. The van der Waals surface area contributed by atoms with Crippen molar-refractivity contribution < 1.29 is 24.2 Å². The molecule has 0 aliphatic heterocycles. The van der Waals surface area contributed by atoms with Gasteiger partial charge < -0.3 is 20.9 Å². The Labute approximate surface area is 130 Å². The third-order valence-corrected chi connectivity index (χ3v) is 3.94. The predicted octanol–water partition coefficient (Wildman–Crippen LogP) is 0.807. The van der Waals surface area contributed by atoms with Crippen LogP contribution in [0.3, 0.4) is 0 Å². The number of aliphatic carboxylic acids is 1. The molecule has 0 saturated heterocycles. The lowest BCUT2D eigenvalue weighted by Gasteiger charge is -2.23. The van der Waals surface area contributed by atoms with Crippen LogP contribution in [0.2, 0.25) is 0 Å². The maximum Gasteiger partial charge on any atom is 0.309 e. The van der Waals surface area contributed by atoms with Gasteiger partial charge in [-0.15, -0.1) is 0 Å². The summed E-state index contributed by atoms with van der Waals surface area (Å²) in [5.74, 6) is -1.90. The number of carbonyl (C=O) groups excluding carboxylic acids is 2. The minimum atomic E-state index is -1.13. The SMILES string of the molecule is CC[C@@H](COC(=O)C1CCCCC1)NC(=O)[C@H](N)CC(=O)O. The van der Waals surface area contributed by atoms with Crippen LogP contribution in [0, 0.1) is 5.92 Å². The lowest BCUT2D eigenvalue weighted by molar-refractivity contribution is -0.151. The maximum atomic E-state index is 11.9. The van der Waals surface area contributed by atoms with Crippen LogP contribution in [0.4, 0.5) is 0 Å². The molecule has 0 aromatic rings. The van der Waals surface area contributed by atoms with E-state index in [1.54, 1.807) is 0 Å². The Morgan fingerprint density at radius 1 is 1.27 bits per heavy atom. The van der Waals surface area contributed by atoms with Crippen LogP contribution in [-0.2, 0) is 19.1 Å². The summed E-state index contributed by atoms with van der Waals surface area (Å²) in [6.45, 7) is 1.94. The summed E-state index contributed by atoms with van der Waals surface area (Å²) in [5.41, 5.74) is 5.49. The molecule has 126 valence electrons. The fraction of sp³-hybridized carbons (Fsp3) is 0.800. The number of carboxylic acid groups (broad SMARTS) is 1. The van der Waals surface area contributed by atoms with Gasteiger partial charge in [0.05, 0.1) is 24.4 Å². The van der Waals surface area contributed by atoms with E-state index >= 15 is 0 Å². The number of amides is 1. The smallest absolute Gasteiger partial charge is 0.309 e. The molecule has 4 N–H and O–H groups in total. The van der Waals surface area contributed by atoms with Crippen LogP contribution in [0.25, 0.3) is 0 Å². The largest absolute Gasteiger partial charge is 0.481 e. The molecule has 0 bridgehead atoms. The van der Waals surface area contributed by atoms with E-state index in [1.165, 1.54) is 6.42 Å². The predicted molar refractivity (Wildman–Crippen MR) is 80.0 cm³/mol. The van der Waals surface area contributed by atoms with E-state index in [4.69, 9.17) is 15.6 Å². The van der Waals surface area contributed by atoms with Crippen molar-refractivity contribution in [3.8, 4) is 0 Å². The van der Waals surface area contributed by atoms with Crippen LogP contribution < -0.4 is 11.1 Å². The summed E-state index contributed by atoms with van der Waals surface area (Å²) in [5, 5.41) is 11.2. The van der Waals surface area contributed by atoms with Gasteiger partial charge in [-0.2, -0.15) is 0 Å². The van der Waals surface area contributed by atoms with Crippen molar-refractivity contribution in [2.45, 2.75) is 64.0 Å². The van der Waals surface area contributed by atoms with Gasteiger partial charge in [0.25, 0.3) is 0 Å². The summed E-state index contributed by atoms with van der Waals surface area (Å²) in [7, 11) is 0. The molecular formula is C15H26N2O5. The Bertz CT molecular complexity index is 393. The van der Waals surface area contributed by atoms with E-state index in [-0.39, 0.29) is 24.5 Å². The van der Waals surface area contributed by atoms with E-state index in [0.29, 0.717) is 6.42 Å². The van der Waals surface area contributed by atoms with Crippen molar-refractivity contribution >= 4 is 17.8 Å². The number of rotatable bonds is 8. The second kappa shape index (κ2) is 9.40. The molecule has 0 heterocycles. The van der Waals surface area contributed by atoms with Crippen LogP contribution in [-0.4, -0.2) is 41.6 Å².